The van der Waals surface area contributed by atoms with Crippen LogP contribution in [0.25, 0.3) is 0 Å². The maximum Gasteiger partial charge on any atom is 0.206 e. The molecule has 0 fully saturated rings. The lowest BCUT2D eigenvalue weighted by atomic mass is 10.2. The Morgan fingerprint density at radius 3 is 1.79 bits per heavy atom. The van der Waals surface area contributed by atoms with Gasteiger partial charge in [-0.25, -0.2) is 8.42 Å². The van der Waals surface area contributed by atoms with Crippen molar-refractivity contribution in [2.75, 3.05) is 6.61 Å². The average molecular weight is 394 g/mol. The van der Waals surface area contributed by atoms with Crippen molar-refractivity contribution in [3.05, 3.63) is 96.6 Å². The predicted octanol–water partition coefficient (Wildman–Crippen LogP) is 5.05. The van der Waals surface area contributed by atoms with Crippen LogP contribution in [0.3, 0.4) is 0 Å². The van der Waals surface area contributed by atoms with Gasteiger partial charge in [-0.2, -0.15) is 0 Å². The first kappa shape index (κ1) is 19.7. The maximum absolute atomic E-state index is 12.8. The van der Waals surface area contributed by atoms with Crippen LogP contribution in [0.2, 0.25) is 0 Å². The van der Waals surface area contributed by atoms with Crippen molar-refractivity contribution in [2.24, 2.45) is 0 Å². The van der Waals surface area contributed by atoms with Crippen LogP contribution in [0.4, 0.5) is 0 Å². The molecule has 0 saturated carbocycles. The molecular formula is C23H22O4S. The number of hydrogen-bond donors (Lipinski definition) is 0. The highest BCUT2D eigenvalue weighted by atomic mass is 32.2. The zero-order valence-electron chi connectivity index (χ0n) is 15.7. The minimum Gasteiger partial charge on any atom is -0.489 e. The van der Waals surface area contributed by atoms with Gasteiger partial charge in [0.2, 0.25) is 9.84 Å². The van der Waals surface area contributed by atoms with Crippen LogP contribution >= 0.6 is 0 Å². The number of hydrogen-bond acceptors (Lipinski definition) is 4. The lowest BCUT2D eigenvalue weighted by Crippen LogP contribution is -2.03. The largest absolute Gasteiger partial charge is 0.489 e. The quantitative estimate of drug-likeness (QED) is 0.502. The molecule has 0 bridgehead atoms. The summed E-state index contributed by atoms with van der Waals surface area (Å²) in [6.07, 6.45) is 0. The third-order valence-electron chi connectivity index (χ3n) is 4.00. The lowest BCUT2D eigenvalue weighted by molar-refractivity contribution is 0.306. The molecule has 3 aromatic carbocycles. The van der Waals surface area contributed by atoms with Gasteiger partial charge in [-0.15, -0.1) is 0 Å². The summed E-state index contributed by atoms with van der Waals surface area (Å²) in [7, 11) is -3.60. The summed E-state index contributed by atoms with van der Waals surface area (Å²) in [4.78, 5) is 0.434. The predicted molar refractivity (Wildman–Crippen MR) is 109 cm³/mol. The number of ether oxygens (including phenoxy) is 2. The Labute approximate surface area is 166 Å². The highest BCUT2D eigenvalue weighted by Crippen LogP contribution is 2.25. The minimum absolute atomic E-state index is 0.216. The Morgan fingerprint density at radius 1 is 0.786 bits per heavy atom. The molecule has 5 heteroatoms. The normalized spacial score (nSPS) is 11.0. The first-order chi connectivity index (χ1) is 13.4. The summed E-state index contributed by atoms with van der Waals surface area (Å²) in [5.41, 5.74) is 1.94. The first-order valence-corrected chi connectivity index (χ1v) is 10.3. The maximum atomic E-state index is 12.8. The van der Waals surface area contributed by atoms with Crippen LogP contribution in [0.15, 0.2) is 101 Å². The fourth-order valence-corrected chi connectivity index (χ4v) is 3.77. The zero-order valence-corrected chi connectivity index (χ0v) is 16.5. The fraction of sp³-hybridized carbons (Fsp3) is 0.130. The molecule has 0 aromatic heterocycles. The van der Waals surface area contributed by atoms with E-state index in [-0.39, 0.29) is 9.79 Å². The highest BCUT2D eigenvalue weighted by Gasteiger charge is 2.17. The second kappa shape index (κ2) is 8.76. The molecule has 144 valence electrons. The Bertz CT molecular complexity index is 1020. The zero-order chi connectivity index (χ0) is 20.0. The fourth-order valence-electron chi connectivity index (χ4n) is 2.51. The second-order valence-corrected chi connectivity index (χ2v) is 8.42. The number of sulfone groups is 1. The van der Waals surface area contributed by atoms with Crippen molar-refractivity contribution >= 4 is 9.84 Å². The van der Waals surface area contributed by atoms with Crippen molar-refractivity contribution in [1.29, 1.82) is 0 Å². The van der Waals surface area contributed by atoms with Crippen molar-refractivity contribution < 1.29 is 17.9 Å². The molecule has 0 unspecified atom stereocenters. The van der Waals surface area contributed by atoms with Crippen molar-refractivity contribution in [2.45, 2.75) is 23.3 Å². The van der Waals surface area contributed by atoms with Crippen molar-refractivity contribution in [3.63, 3.8) is 0 Å². The van der Waals surface area contributed by atoms with Crippen LogP contribution in [0.5, 0.6) is 11.5 Å². The molecule has 0 aliphatic rings. The van der Waals surface area contributed by atoms with Gasteiger partial charge >= 0.3 is 0 Å². The van der Waals surface area contributed by atoms with E-state index in [0.717, 1.165) is 11.1 Å². The monoisotopic (exact) mass is 394 g/mol. The van der Waals surface area contributed by atoms with Gasteiger partial charge in [0.05, 0.1) is 9.79 Å². The molecular weight excluding hydrogens is 372 g/mol. The van der Waals surface area contributed by atoms with Gasteiger partial charge in [0.25, 0.3) is 0 Å². The summed E-state index contributed by atoms with van der Waals surface area (Å²) in [6.45, 7) is 6.47. The average Bonchev–Trinajstić information content (AvgIpc) is 2.72. The number of benzene rings is 3. The van der Waals surface area contributed by atoms with E-state index in [9.17, 15) is 8.42 Å². The smallest absolute Gasteiger partial charge is 0.206 e. The second-order valence-electron chi connectivity index (χ2n) is 6.47. The highest BCUT2D eigenvalue weighted by molar-refractivity contribution is 7.91. The molecule has 0 amide bonds. The Hall–Kier alpha value is -3.05. The van der Waals surface area contributed by atoms with E-state index in [1.54, 1.807) is 48.5 Å². The van der Waals surface area contributed by atoms with E-state index < -0.39 is 9.84 Å². The molecule has 0 aliphatic heterocycles. The van der Waals surface area contributed by atoms with Crippen molar-refractivity contribution in [3.8, 4) is 11.5 Å². The van der Waals surface area contributed by atoms with E-state index in [0.29, 0.717) is 24.7 Å². The summed E-state index contributed by atoms with van der Waals surface area (Å²) >= 11 is 0. The molecule has 28 heavy (non-hydrogen) atoms. The van der Waals surface area contributed by atoms with E-state index in [1.165, 1.54) is 0 Å². The third kappa shape index (κ3) is 5.02. The topological polar surface area (TPSA) is 52.6 Å². The lowest BCUT2D eigenvalue weighted by Gasteiger charge is -2.09. The van der Waals surface area contributed by atoms with Crippen LogP contribution in [0, 0.1) is 0 Å². The van der Waals surface area contributed by atoms with Crippen molar-refractivity contribution in [1.82, 2.24) is 0 Å². The molecule has 3 aromatic rings. The van der Waals surface area contributed by atoms with Gasteiger partial charge < -0.3 is 9.47 Å². The minimum atomic E-state index is -3.60. The van der Waals surface area contributed by atoms with E-state index in [2.05, 4.69) is 6.58 Å². The first-order valence-electron chi connectivity index (χ1n) is 8.84. The summed E-state index contributed by atoms with van der Waals surface area (Å²) in [5.74, 6) is 1.22. The van der Waals surface area contributed by atoms with Gasteiger partial charge in [-0.05, 0) is 66.6 Å². The van der Waals surface area contributed by atoms with Gasteiger partial charge in [0.15, 0.2) is 0 Å². The van der Waals surface area contributed by atoms with Crippen LogP contribution in [-0.4, -0.2) is 15.0 Å². The van der Waals surface area contributed by atoms with Crippen LogP contribution in [-0.2, 0) is 16.4 Å². The van der Waals surface area contributed by atoms with Gasteiger partial charge in [0.1, 0.15) is 24.7 Å². The molecule has 0 aliphatic carbocycles. The molecule has 0 radical (unpaired) electrons. The molecule has 0 saturated heterocycles. The van der Waals surface area contributed by atoms with Gasteiger partial charge in [0, 0.05) is 0 Å². The Balaban J connectivity index is 1.68. The summed E-state index contributed by atoms with van der Waals surface area (Å²) < 4.78 is 36.8. The van der Waals surface area contributed by atoms with Crippen LogP contribution in [0.1, 0.15) is 12.5 Å². The third-order valence-corrected chi connectivity index (χ3v) is 5.79. The molecule has 0 spiro atoms. The number of rotatable bonds is 8. The Kier molecular flexibility index (Phi) is 6.16. The SMILES string of the molecule is C=C(C)COc1ccc(S(=O)(=O)c2ccc(OCc3ccccc3)cc2)cc1. The van der Waals surface area contributed by atoms with Crippen LogP contribution < -0.4 is 9.47 Å². The molecule has 3 rings (SSSR count). The van der Waals surface area contributed by atoms with Gasteiger partial charge in [-0.1, -0.05) is 36.9 Å². The molecule has 0 heterocycles. The van der Waals surface area contributed by atoms with Gasteiger partial charge in [-0.3, -0.25) is 0 Å². The molecule has 0 N–H and O–H groups in total. The molecule has 0 atom stereocenters. The molecule has 4 nitrogen and oxygen atoms in total. The van der Waals surface area contributed by atoms with E-state index in [4.69, 9.17) is 9.47 Å². The van der Waals surface area contributed by atoms with E-state index in [1.807, 2.05) is 37.3 Å². The standard InChI is InChI=1S/C23H22O4S/c1-18(2)16-26-20-8-12-22(13-9-20)28(24,25)23-14-10-21(11-15-23)27-17-19-6-4-3-5-7-19/h3-15H,1,16-17H2,2H3. The summed E-state index contributed by atoms with van der Waals surface area (Å²) in [6, 6.07) is 22.6. The Morgan fingerprint density at radius 2 is 1.29 bits per heavy atom. The summed E-state index contributed by atoms with van der Waals surface area (Å²) in [5, 5.41) is 0. The van der Waals surface area contributed by atoms with E-state index >= 15 is 0 Å².